The molecule has 6 aromatic carbocycles. The van der Waals surface area contributed by atoms with E-state index in [0.717, 1.165) is 25.7 Å². The van der Waals surface area contributed by atoms with Crippen molar-refractivity contribution in [3.05, 3.63) is 175 Å². The van der Waals surface area contributed by atoms with Gasteiger partial charge in [-0.3, -0.25) is 0 Å². The van der Waals surface area contributed by atoms with Gasteiger partial charge in [-0.2, -0.15) is 0 Å². The van der Waals surface area contributed by atoms with E-state index in [4.69, 9.17) is 0 Å². The van der Waals surface area contributed by atoms with Gasteiger partial charge in [0, 0.05) is 0 Å². The first-order valence-electron chi connectivity index (χ1n) is 22.6. The van der Waals surface area contributed by atoms with Crippen LogP contribution in [0.3, 0.4) is 0 Å². The Morgan fingerprint density at radius 1 is 0.403 bits per heavy atom. The molecule has 4 heteroatoms. The smallest absolute Gasteiger partial charge is 0.147 e. The summed E-state index contributed by atoms with van der Waals surface area (Å²) in [6.45, 7) is 25.4. The molecule has 6 aromatic rings. The zero-order valence-electron chi connectivity index (χ0n) is 39.4. The van der Waals surface area contributed by atoms with Gasteiger partial charge in [0.15, 0.2) is 0 Å². The fraction of sp³-hybridized carbons (Fsp3) is 0.310. The van der Waals surface area contributed by atoms with E-state index in [1.807, 2.05) is 0 Å². The first kappa shape index (κ1) is 47.9. The van der Waals surface area contributed by atoms with Crippen LogP contribution in [0.2, 0.25) is 9.26 Å². The molecule has 0 amide bonds. The Labute approximate surface area is 389 Å². The van der Waals surface area contributed by atoms with Gasteiger partial charge in [-0.1, -0.05) is 0 Å². The molecule has 0 bridgehead atoms. The van der Waals surface area contributed by atoms with Gasteiger partial charge in [0.1, 0.15) is 0 Å². The normalized spacial score (nSPS) is 15.6. The summed E-state index contributed by atoms with van der Waals surface area (Å²) in [5.74, 6) is 0. The number of aryl methyl sites for hydroxylation is 8. The van der Waals surface area contributed by atoms with Crippen LogP contribution in [-0.2, 0) is 17.4 Å². The molecule has 0 nitrogen and oxygen atoms in total. The molecule has 2 aliphatic carbocycles. The van der Waals surface area contributed by atoms with Crippen molar-refractivity contribution in [3.63, 3.8) is 0 Å². The van der Waals surface area contributed by atoms with Crippen LogP contribution in [-0.4, -0.2) is 6.88 Å². The zero-order chi connectivity index (χ0) is 42.9. The molecule has 0 heterocycles. The van der Waals surface area contributed by atoms with Crippen molar-refractivity contribution in [1.82, 2.24) is 0 Å². The molecule has 62 heavy (non-hydrogen) atoms. The summed E-state index contributed by atoms with van der Waals surface area (Å²) in [4.78, 5) is 0. The van der Waals surface area contributed by atoms with E-state index >= 15 is 0 Å². The van der Waals surface area contributed by atoms with Gasteiger partial charge in [0.2, 0.25) is 0 Å². The van der Waals surface area contributed by atoms with Crippen LogP contribution in [0, 0.1) is 55.4 Å². The zero-order valence-corrected chi connectivity index (χ0v) is 44.9. The van der Waals surface area contributed by atoms with E-state index in [-0.39, 0.29) is 24.8 Å². The van der Waals surface area contributed by atoms with Crippen LogP contribution in [0.25, 0.3) is 56.7 Å². The minimum Gasteiger partial charge on any atom is -0.147 e. The Morgan fingerprint density at radius 2 is 0.645 bits per heavy atom. The van der Waals surface area contributed by atoms with Gasteiger partial charge in [-0.15, -0.1) is 24.8 Å². The van der Waals surface area contributed by atoms with E-state index < -0.39 is 17.4 Å². The average molecular weight is 955 g/mol. The average Bonchev–Trinajstić information content (AvgIpc) is 3.73. The number of halogens is 2. The first-order chi connectivity index (χ1) is 28.4. The third-order valence-corrected chi connectivity index (χ3v) is 31.1. The molecule has 0 aromatic heterocycles. The second-order valence-electron chi connectivity index (χ2n) is 20.2. The van der Waals surface area contributed by atoms with Crippen molar-refractivity contribution >= 4 is 43.8 Å². The van der Waals surface area contributed by atoms with E-state index in [1.165, 1.54) is 100 Å². The standard InChI is InChI=1S/2C28H29.2CH3.2ClH.H2Si.Zr/c2*1-6-7-22-16-27-25(23-12-18(2)10-19(3)13-23)8-9-26(28(27)17-22)24-14-20(4)11-21(5)15-24;;;;;;/h2*8-17H,6-7H2,1-5H3;2*1H3;2*1H;1H2;. The Bertz CT molecular complexity index is 2600. The maximum Gasteiger partial charge on any atom is -0.147 e. The predicted octanol–water partition coefficient (Wildman–Crippen LogP) is 17.2. The third-order valence-electron chi connectivity index (χ3n) is 13.7. The van der Waals surface area contributed by atoms with E-state index in [1.54, 1.807) is 22.3 Å². The minimum absolute atomic E-state index is 0. The number of fused-ring (bicyclic) bond motifs is 2. The monoisotopic (exact) mass is 952 g/mol. The van der Waals surface area contributed by atoms with E-state index in [2.05, 4.69) is 195 Å². The fourth-order valence-electron chi connectivity index (χ4n) is 12.0. The van der Waals surface area contributed by atoms with Crippen molar-refractivity contribution in [2.75, 3.05) is 0 Å². The van der Waals surface area contributed by atoms with Gasteiger partial charge < -0.3 is 0 Å². The molecule has 0 saturated carbocycles. The van der Waals surface area contributed by atoms with Crippen LogP contribution < -0.4 is 0 Å². The van der Waals surface area contributed by atoms with Gasteiger partial charge in [-0.05, 0) is 0 Å². The van der Waals surface area contributed by atoms with Gasteiger partial charge in [-0.25, -0.2) is 0 Å². The van der Waals surface area contributed by atoms with Crippen molar-refractivity contribution in [2.45, 2.75) is 111 Å². The summed E-state index contributed by atoms with van der Waals surface area (Å²) in [6, 6.07) is 38.7. The van der Waals surface area contributed by atoms with E-state index in [0.29, 0.717) is 7.25 Å². The van der Waals surface area contributed by atoms with Gasteiger partial charge >= 0.3 is 367 Å². The number of hydrogen-bond acceptors (Lipinski definition) is 0. The molecule has 2 aliphatic rings. The Balaban J connectivity index is 0.00000321. The fourth-order valence-corrected chi connectivity index (χ4v) is 31.6. The van der Waals surface area contributed by atoms with Crippen molar-refractivity contribution in [1.29, 1.82) is 0 Å². The molecule has 2 unspecified atom stereocenters. The SMILES string of the molecule is CCCC1=Cc2c(-c3cc(C)cc(C)c3)ccc(-c3cc(C)cc(C)c3)c2[CH]1[Zr]([CH3])([CH3])(=[SiH2])[CH]1C(CCC)=Cc2c(-c3cc(C)cc(C)c3)ccc(-c3cc(C)cc(C)c3)c21.Cl.Cl. The summed E-state index contributed by atoms with van der Waals surface area (Å²) < 4.78 is 6.54. The second-order valence-corrected chi connectivity index (χ2v) is 50.7. The van der Waals surface area contributed by atoms with Crippen LogP contribution in [0.1, 0.15) is 114 Å². The van der Waals surface area contributed by atoms with Crippen molar-refractivity contribution < 1.29 is 17.4 Å². The number of benzene rings is 6. The molecule has 0 radical (unpaired) electrons. The van der Waals surface area contributed by atoms with Crippen LogP contribution in [0.15, 0.2) is 108 Å². The minimum atomic E-state index is -4.18. The third kappa shape index (κ3) is 8.81. The molecule has 2 atom stereocenters. The molecular weight excluding hydrogens is 887 g/mol. The Morgan fingerprint density at radius 3 is 0.903 bits per heavy atom. The van der Waals surface area contributed by atoms with Crippen molar-refractivity contribution in [2.24, 2.45) is 0 Å². The largest absolute Gasteiger partial charge is 0.147 e. The summed E-state index contributed by atoms with van der Waals surface area (Å²) in [7, 11) is 0. The molecular formula is C58H68Cl2SiZr. The summed E-state index contributed by atoms with van der Waals surface area (Å²) in [5, 5.41) is 0. The maximum atomic E-state index is 2.87. The van der Waals surface area contributed by atoms with Crippen LogP contribution in [0.5, 0.6) is 0 Å². The Hall–Kier alpha value is -3.52. The first-order valence-corrected chi connectivity index (χ1v) is 36.3. The molecule has 322 valence electrons. The summed E-state index contributed by atoms with van der Waals surface area (Å²) in [5.41, 5.74) is 31.2. The predicted molar refractivity (Wildman–Crippen MR) is 279 cm³/mol. The number of allylic oxidation sites excluding steroid dienone is 2. The molecule has 0 fully saturated rings. The number of rotatable bonds is 10. The summed E-state index contributed by atoms with van der Waals surface area (Å²) >= 11 is -4.18. The van der Waals surface area contributed by atoms with Gasteiger partial charge in [0.05, 0.1) is 0 Å². The maximum absolute atomic E-state index is 4.18. The molecule has 0 spiro atoms. The van der Waals surface area contributed by atoms with Crippen LogP contribution in [0.4, 0.5) is 0 Å². The second kappa shape index (κ2) is 18.2. The van der Waals surface area contributed by atoms with Crippen LogP contribution >= 0.6 is 24.8 Å². The topological polar surface area (TPSA) is 0 Å². The Kier molecular flexibility index (Phi) is 14.0. The van der Waals surface area contributed by atoms with Crippen molar-refractivity contribution in [3.8, 4) is 44.5 Å². The molecule has 0 saturated heterocycles. The van der Waals surface area contributed by atoms with Gasteiger partial charge in [0.25, 0.3) is 0 Å². The number of hydrogen-bond donors (Lipinski definition) is 0. The summed E-state index contributed by atoms with van der Waals surface area (Å²) in [6.07, 6.45) is 9.94. The molecule has 0 N–H and O–H groups in total. The quantitative estimate of drug-likeness (QED) is 0.120. The molecule has 0 aliphatic heterocycles. The molecule has 8 rings (SSSR count). The van der Waals surface area contributed by atoms with E-state index in [9.17, 15) is 0 Å².